The molecule has 0 radical (unpaired) electrons. The van der Waals surface area contributed by atoms with E-state index in [1.54, 1.807) is 7.11 Å². The van der Waals surface area contributed by atoms with Crippen LogP contribution in [-0.4, -0.2) is 64.5 Å². The van der Waals surface area contributed by atoms with Gasteiger partial charge in [0, 0.05) is 39.7 Å². The molecule has 1 atom stereocenters. The van der Waals surface area contributed by atoms with Crippen LogP contribution in [0.4, 0.5) is 0 Å². The first-order chi connectivity index (χ1) is 12.8. The van der Waals surface area contributed by atoms with Crippen molar-refractivity contribution in [1.82, 2.24) is 10.2 Å². The fraction of sp³-hybridized carbons (Fsp3) is 0.952. The predicted octanol–water partition coefficient (Wildman–Crippen LogP) is 4.16. The summed E-state index contributed by atoms with van der Waals surface area (Å²) in [6, 6.07) is 0. The van der Waals surface area contributed by atoms with E-state index in [0.29, 0.717) is 19.1 Å². The second-order valence-corrected chi connectivity index (χ2v) is 8.13. The Morgan fingerprint density at radius 1 is 1.07 bits per heavy atom. The highest BCUT2D eigenvalue weighted by atomic mass is 127. The molecule has 2 rings (SSSR count). The predicted molar refractivity (Wildman–Crippen MR) is 124 cm³/mol. The molecule has 1 aliphatic carbocycles. The number of rotatable bonds is 10. The molecule has 0 aromatic heterocycles. The zero-order valence-corrected chi connectivity index (χ0v) is 20.1. The maximum atomic E-state index is 5.70. The Morgan fingerprint density at radius 2 is 1.81 bits per heavy atom. The first-order valence-electron chi connectivity index (χ1n) is 10.8. The van der Waals surface area contributed by atoms with Gasteiger partial charge < -0.3 is 19.7 Å². The van der Waals surface area contributed by atoms with Crippen LogP contribution in [0.25, 0.3) is 0 Å². The van der Waals surface area contributed by atoms with Crippen LogP contribution in [0, 0.1) is 17.8 Å². The SMILES string of the molecule is CCCCC1CCC(CNC(=NC)N2CCC(COCCOC)C2)CC1.I. The fourth-order valence-electron chi connectivity index (χ4n) is 4.34. The Kier molecular flexibility index (Phi) is 13.7. The van der Waals surface area contributed by atoms with Crippen molar-refractivity contribution in [3.05, 3.63) is 0 Å². The van der Waals surface area contributed by atoms with Crippen LogP contribution in [-0.2, 0) is 9.47 Å². The highest BCUT2D eigenvalue weighted by molar-refractivity contribution is 14.0. The van der Waals surface area contributed by atoms with Crippen molar-refractivity contribution < 1.29 is 9.47 Å². The smallest absolute Gasteiger partial charge is 0.193 e. The minimum atomic E-state index is 0. The zero-order chi connectivity index (χ0) is 18.6. The van der Waals surface area contributed by atoms with Crippen molar-refractivity contribution in [2.24, 2.45) is 22.7 Å². The molecule has 5 nitrogen and oxygen atoms in total. The molecule has 0 spiro atoms. The van der Waals surface area contributed by atoms with Gasteiger partial charge in [0.2, 0.25) is 0 Å². The quantitative estimate of drug-likeness (QED) is 0.214. The van der Waals surface area contributed by atoms with Crippen molar-refractivity contribution in [2.45, 2.75) is 58.3 Å². The number of hydrogen-bond acceptors (Lipinski definition) is 3. The highest BCUT2D eigenvalue weighted by Gasteiger charge is 2.26. The average molecular weight is 495 g/mol. The number of nitrogens with one attached hydrogen (secondary N) is 1. The lowest BCUT2D eigenvalue weighted by Gasteiger charge is -2.30. The number of ether oxygens (including phenoxy) is 2. The van der Waals surface area contributed by atoms with E-state index < -0.39 is 0 Å². The molecule has 1 N–H and O–H groups in total. The molecule has 0 amide bonds. The number of aliphatic imine (C=N–C) groups is 1. The molecular formula is C21H42IN3O2. The highest BCUT2D eigenvalue weighted by Crippen LogP contribution is 2.31. The van der Waals surface area contributed by atoms with Gasteiger partial charge in [-0.05, 0) is 31.1 Å². The average Bonchev–Trinajstić information content (AvgIpc) is 3.14. The van der Waals surface area contributed by atoms with Gasteiger partial charge in [0.15, 0.2) is 5.96 Å². The summed E-state index contributed by atoms with van der Waals surface area (Å²) in [7, 11) is 3.63. The third-order valence-corrected chi connectivity index (χ3v) is 6.06. The third kappa shape index (κ3) is 9.31. The summed E-state index contributed by atoms with van der Waals surface area (Å²) in [6.07, 6.45) is 11.0. The van der Waals surface area contributed by atoms with Crippen LogP contribution >= 0.6 is 24.0 Å². The van der Waals surface area contributed by atoms with Crippen LogP contribution in [0.5, 0.6) is 0 Å². The van der Waals surface area contributed by atoms with E-state index in [1.165, 1.54) is 51.4 Å². The summed E-state index contributed by atoms with van der Waals surface area (Å²) >= 11 is 0. The summed E-state index contributed by atoms with van der Waals surface area (Å²) < 4.78 is 10.7. The van der Waals surface area contributed by atoms with E-state index in [0.717, 1.165) is 44.0 Å². The Labute approximate surface area is 184 Å². The van der Waals surface area contributed by atoms with Crippen LogP contribution < -0.4 is 5.32 Å². The normalized spacial score (nSPS) is 26.1. The number of halogens is 1. The van der Waals surface area contributed by atoms with Gasteiger partial charge in [-0.2, -0.15) is 0 Å². The lowest BCUT2D eigenvalue weighted by Crippen LogP contribution is -2.42. The van der Waals surface area contributed by atoms with Crippen molar-refractivity contribution in [2.75, 3.05) is 53.6 Å². The lowest BCUT2D eigenvalue weighted by molar-refractivity contribution is 0.0536. The standard InChI is InChI=1S/C21H41N3O2.HI/c1-4-5-6-18-7-9-19(10-8-18)15-23-21(22-2)24-12-11-20(16-24)17-26-14-13-25-3;/h18-20H,4-17H2,1-3H3,(H,22,23);1H. The molecular weight excluding hydrogens is 453 g/mol. The van der Waals surface area contributed by atoms with Crippen molar-refractivity contribution in [1.29, 1.82) is 0 Å². The van der Waals surface area contributed by atoms with E-state index in [4.69, 9.17) is 9.47 Å². The molecule has 0 aromatic carbocycles. The number of likely N-dealkylation sites (tertiary alicyclic amines) is 1. The zero-order valence-electron chi connectivity index (χ0n) is 17.8. The molecule has 2 fully saturated rings. The summed E-state index contributed by atoms with van der Waals surface area (Å²) in [6.45, 7) is 7.73. The van der Waals surface area contributed by atoms with Gasteiger partial charge in [0.25, 0.3) is 0 Å². The van der Waals surface area contributed by atoms with Crippen LogP contribution in [0.15, 0.2) is 4.99 Å². The molecule has 0 bridgehead atoms. The minimum Gasteiger partial charge on any atom is -0.382 e. The van der Waals surface area contributed by atoms with Gasteiger partial charge in [-0.1, -0.05) is 39.0 Å². The van der Waals surface area contributed by atoms with Crippen molar-refractivity contribution >= 4 is 29.9 Å². The molecule has 1 saturated heterocycles. The Balaban J connectivity index is 0.00000364. The van der Waals surface area contributed by atoms with Gasteiger partial charge in [-0.25, -0.2) is 0 Å². The lowest BCUT2D eigenvalue weighted by atomic mass is 9.80. The molecule has 1 unspecified atom stereocenters. The largest absolute Gasteiger partial charge is 0.382 e. The Bertz CT molecular complexity index is 401. The van der Waals surface area contributed by atoms with Crippen molar-refractivity contribution in [3.8, 4) is 0 Å². The molecule has 6 heteroatoms. The topological polar surface area (TPSA) is 46.1 Å². The first kappa shape index (κ1) is 25.0. The van der Waals surface area contributed by atoms with Crippen LogP contribution in [0.2, 0.25) is 0 Å². The molecule has 2 aliphatic rings. The molecule has 160 valence electrons. The summed E-state index contributed by atoms with van der Waals surface area (Å²) in [4.78, 5) is 6.92. The van der Waals surface area contributed by atoms with Gasteiger partial charge in [-0.3, -0.25) is 4.99 Å². The monoisotopic (exact) mass is 495 g/mol. The van der Waals surface area contributed by atoms with Gasteiger partial charge in [-0.15, -0.1) is 24.0 Å². The summed E-state index contributed by atoms with van der Waals surface area (Å²) in [5.41, 5.74) is 0. The van der Waals surface area contributed by atoms with E-state index >= 15 is 0 Å². The molecule has 1 saturated carbocycles. The van der Waals surface area contributed by atoms with Crippen molar-refractivity contribution in [3.63, 3.8) is 0 Å². The maximum Gasteiger partial charge on any atom is 0.193 e. The fourth-order valence-corrected chi connectivity index (χ4v) is 4.34. The first-order valence-corrected chi connectivity index (χ1v) is 10.8. The summed E-state index contributed by atoms with van der Waals surface area (Å²) in [5.74, 6) is 3.50. The van der Waals surface area contributed by atoms with E-state index in [2.05, 4.69) is 22.1 Å². The number of hydrogen-bond donors (Lipinski definition) is 1. The second kappa shape index (κ2) is 14.9. The number of nitrogens with zero attached hydrogens (tertiary/aromatic N) is 2. The van der Waals surface area contributed by atoms with Crippen LogP contribution in [0.3, 0.4) is 0 Å². The molecule has 1 heterocycles. The third-order valence-electron chi connectivity index (χ3n) is 6.06. The number of guanidine groups is 1. The van der Waals surface area contributed by atoms with E-state index in [-0.39, 0.29) is 24.0 Å². The Hall–Kier alpha value is -0.0800. The number of methoxy groups -OCH3 is 1. The molecule has 0 aromatic rings. The van der Waals surface area contributed by atoms with Gasteiger partial charge in [0.05, 0.1) is 19.8 Å². The molecule has 1 aliphatic heterocycles. The second-order valence-electron chi connectivity index (χ2n) is 8.13. The molecule has 27 heavy (non-hydrogen) atoms. The van der Waals surface area contributed by atoms with E-state index in [9.17, 15) is 0 Å². The van der Waals surface area contributed by atoms with Gasteiger partial charge in [0.1, 0.15) is 0 Å². The number of unbranched alkanes of at least 4 members (excludes halogenated alkanes) is 1. The minimum absolute atomic E-state index is 0. The summed E-state index contributed by atoms with van der Waals surface area (Å²) in [5, 5.41) is 3.65. The van der Waals surface area contributed by atoms with Crippen LogP contribution in [0.1, 0.15) is 58.3 Å². The van der Waals surface area contributed by atoms with E-state index in [1.807, 2.05) is 7.05 Å². The van der Waals surface area contributed by atoms with Gasteiger partial charge >= 0.3 is 0 Å². The Morgan fingerprint density at radius 3 is 2.48 bits per heavy atom. The maximum absolute atomic E-state index is 5.70.